The minimum atomic E-state index is -3.42. The van der Waals surface area contributed by atoms with Crippen LogP contribution in [0, 0.1) is 0 Å². The topological polar surface area (TPSA) is 62.7 Å². The van der Waals surface area contributed by atoms with E-state index in [1.165, 1.54) is 0 Å². The molecule has 0 spiro atoms. The van der Waals surface area contributed by atoms with Gasteiger partial charge in [-0.2, -0.15) is 4.31 Å². The second-order valence-corrected chi connectivity index (χ2v) is 9.89. The summed E-state index contributed by atoms with van der Waals surface area (Å²) in [6.07, 6.45) is 0. The number of ether oxygens (including phenoxy) is 1. The molecule has 1 aliphatic rings. The lowest BCUT2D eigenvalue weighted by molar-refractivity contribution is 0.180. The first-order valence-corrected chi connectivity index (χ1v) is 12.3. The van der Waals surface area contributed by atoms with Crippen molar-refractivity contribution in [3.05, 3.63) is 65.7 Å². The summed E-state index contributed by atoms with van der Waals surface area (Å²) in [5.74, 6) is 0.862. The van der Waals surface area contributed by atoms with Gasteiger partial charge in [-0.05, 0) is 43.3 Å². The molecule has 2 heterocycles. The Kier molecular flexibility index (Phi) is 6.48. The predicted octanol–water partition coefficient (Wildman–Crippen LogP) is 3.72. The summed E-state index contributed by atoms with van der Waals surface area (Å²) in [7, 11) is -3.42. The van der Waals surface area contributed by atoms with Gasteiger partial charge in [0.05, 0.1) is 17.2 Å². The van der Waals surface area contributed by atoms with Crippen molar-refractivity contribution in [3.8, 4) is 16.3 Å². The lowest BCUT2D eigenvalue weighted by Crippen LogP contribution is -2.48. The van der Waals surface area contributed by atoms with Crippen LogP contribution in [0.3, 0.4) is 0 Å². The van der Waals surface area contributed by atoms with Crippen molar-refractivity contribution < 1.29 is 13.2 Å². The Balaban J connectivity index is 1.35. The van der Waals surface area contributed by atoms with Crippen LogP contribution in [0.1, 0.15) is 12.6 Å². The first-order valence-electron chi connectivity index (χ1n) is 10.0. The van der Waals surface area contributed by atoms with Crippen LogP contribution >= 0.6 is 11.3 Å². The molecule has 0 saturated carbocycles. The van der Waals surface area contributed by atoms with Crippen LogP contribution in [0.25, 0.3) is 10.6 Å². The zero-order valence-electron chi connectivity index (χ0n) is 16.9. The minimum absolute atomic E-state index is 0.359. The zero-order valence-corrected chi connectivity index (χ0v) is 18.5. The summed E-state index contributed by atoms with van der Waals surface area (Å²) in [6.45, 7) is 5.73. The van der Waals surface area contributed by atoms with Crippen molar-refractivity contribution in [2.24, 2.45) is 0 Å². The van der Waals surface area contributed by atoms with Gasteiger partial charge in [-0.1, -0.05) is 18.2 Å². The Hall–Kier alpha value is -2.26. The first-order chi connectivity index (χ1) is 14.6. The van der Waals surface area contributed by atoms with Gasteiger partial charge < -0.3 is 4.74 Å². The summed E-state index contributed by atoms with van der Waals surface area (Å²) in [5.41, 5.74) is 2.09. The van der Waals surface area contributed by atoms with Gasteiger partial charge in [0.2, 0.25) is 10.0 Å². The Labute approximate surface area is 181 Å². The van der Waals surface area contributed by atoms with E-state index in [9.17, 15) is 8.42 Å². The maximum Gasteiger partial charge on any atom is 0.243 e. The van der Waals surface area contributed by atoms with Gasteiger partial charge in [-0.15, -0.1) is 11.3 Å². The van der Waals surface area contributed by atoms with Crippen LogP contribution in [0.2, 0.25) is 0 Å². The first kappa shape index (κ1) is 21.0. The van der Waals surface area contributed by atoms with E-state index in [1.807, 2.05) is 37.3 Å². The molecule has 0 aliphatic carbocycles. The van der Waals surface area contributed by atoms with Crippen molar-refractivity contribution in [3.63, 3.8) is 0 Å². The van der Waals surface area contributed by atoms with Crippen molar-refractivity contribution in [2.75, 3.05) is 32.8 Å². The van der Waals surface area contributed by atoms with Gasteiger partial charge in [0, 0.05) is 43.7 Å². The number of benzene rings is 2. The highest BCUT2D eigenvalue weighted by molar-refractivity contribution is 7.89. The quantitative estimate of drug-likeness (QED) is 0.557. The molecule has 8 heteroatoms. The number of hydrogen-bond donors (Lipinski definition) is 0. The van der Waals surface area contributed by atoms with E-state index in [2.05, 4.69) is 10.3 Å². The number of sulfonamides is 1. The maximum atomic E-state index is 12.8. The number of hydrogen-bond acceptors (Lipinski definition) is 6. The molecule has 0 atom stereocenters. The summed E-state index contributed by atoms with van der Waals surface area (Å²) in [4.78, 5) is 7.39. The van der Waals surface area contributed by atoms with Crippen molar-refractivity contribution in [1.29, 1.82) is 0 Å². The molecule has 0 unspecified atom stereocenters. The summed E-state index contributed by atoms with van der Waals surface area (Å²) in [5, 5.41) is 3.07. The van der Waals surface area contributed by atoms with E-state index in [1.54, 1.807) is 39.9 Å². The van der Waals surface area contributed by atoms with Crippen molar-refractivity contribution >= 4 is 21.4 Å². The average Bonchev–Trinajstić information content (AvgIpc) is 3.24. The van der Waals surface area contributed by atoms with Crippen LogP contribution in [0.4, 0.5) is 0 Å². The molecule has 1 aliphatic heterocycles. The normalized spacial score (nSPS) is 15.9. The van der Waals surface area contributed by atoms with Gasteiger partial charge in [0.1, 0.15) is 10.8 Å². The van der Waals surface area contributed by atoms with Crippen molar-refractivity contribution in [2.45, 2.75) is 18.4 Å². The number of rotatable bonds is 7. The highest BCUT2D eigenvalue weighted by Gasteiger charge is 2.28. The third-order valence-corrected chi connectivity index (χ3v) is 7.91. The summed E-state index contributed by atoms with van der Waals surface area (Å²) < 4.78 is 32.6. The molecule has 2 aromatic carbocycles. The fraction of sp³-hybridized carbons (Fsp3) is 0.318. The van der Waals surface area contributed by atoms with Crippen LogP contribution in [0.5, 0.6) is 5.75 Å². The molecule has 6 nitrogen and oxygen atoms in total. The molecule has 3 aromatic rings. The average molecular weight is 444 g/mol. The van der Waals surface area contributed by atoms with E-state index < -0.39 is 10.0 Å². The molecular weight excluding hydrogens is 418 g/mol. The smallest absolute Gasteiger partial charge is 0.243 e. The highest BCUT2D eigenvalue weighted by Crippen LogP contribution is 2.26. The van der Waals surface area contributed by atoms with Gasteiger partial charge in [-0.3, -0.25) is 4.90 Å². The highest BCUT2D eigenvalue weighted by atomic mass is 32.2. The predicted molar refractivity (Wildman–Crippen MR) is 119 cm³/mol. The summed E-state index contributed by atoms with van der Waals surface area (Å²) >= 11 is 1.63. The van der Waals surface area contributed by atoms with Gasteiger partial charge in [-0.25, -0.2) is 13.4 Å². The number of piperazine rings is 1. The Morgan fingerprint density at radius 1 is 1.00 bits per heavy atom. The Morgan fingerprint density at radius 2 is 1.70 bits per heavy atom. The van der Waals surface area contributed by atoms with Gasteiger partial charge in [0.15, 0.2) is 0 Å². The molecule has 158 valence electrons. The molecule has 0 radical (unpaired) electrons. The fourth-order valence-corrected chi connectivity index (χ4v) is 5.73. The van der Waals surface area contributed by atoms with E-state index in [0.717, 1.165) is 28.6 Å². The molecule has 30 heavy (non-hydrogen) atoms. The number of nitrogens with zero attached hydrogens (tertiary/aromatic N) is 3. The molecule has 0 bridgehead atoms. The Bertz CT molecular complexity index is 1060. The lowest BCUT2D eigenvalue weighted by Gasteiger charge is -2.33. The second kappa shape index (κ2) is 9.26. The number of thiazole rings is 1. The zero-order chi connectivity index (χ0) is 21.0. The van der Waals surface area contributed by atoms with Gasteiger partial charge in [0.25, 0.3) is 0 Å². The van der Waals surface area contributed by atoms with Crippen LogP contribution < -0.4 is 4.74 Å². The minimum Gasteiger partial charge on any atom is -0.494 e. The van der Waals surface area contributed by atoms with E-state index in [4.69, 9.17) is 9.72 Å². The van der Waals surface area contributed by atoms with Crippen LogP contribution in [0.15, 0.2) is 64.9 Å². The van der Waals surface area contributed by atoms with Crippen LogP contribution in [-0.2, 0) is 16.6 Å². The SMILES string of the molecule is CCOc1ccc(-c2nc(CN3CCN(S(=O)(=O)c4ccccc4)CC3)cs2)cc1. The Morgan fingerprint density at radius 3 is 2.37 bits per heavy atom. The molecule has 1 aromatic heterocycles. The molecule has 0 N–H and O–H groups in total. The third-order valence-electron chi connectivity index (χ3n) is 5.06. The molecule has 4 rings (SSSR count). The van der Waals surface area contributed by atoms with Crippen LogP contribution in [-0.4, -0.2) is 55.4 Å². The van der Waals surface area contributed by atoms with E-state index >= 15 is 0 Å². The molecule has 1 fully saturated rings. The molecule has 0 amide bonds. The maximum absolute atomic E-state index is 12.8. The monoisotopic (exact) mass is 443 g/mol. The number of aromatic nitrogens is 1. The standard InChI is InChI=1S/C22H25N3O3S2/c1-2-28-20-10-8-18(9-11-20)22-23-19(17-29-22)16-24-12-14-25(15-13-24)30(26,27)21-6-4-3-5-7-21/h3-11,17H,2,12-16H2,1H3. The summed E-state index contributed by atoms with van der Waals surface area (Å²) in [6, 6.07) is 16.6. The third kappa shape index (κ3) is 4.73. The second-order valence-electron chi connectivity index (χ2n) is 7.09. The van der Waals surface area contributed by atoms with E-state index in [0.29, 0.717) is 37.7 Å². The lowest BCUT2D eigenvalue weighted by atomic mass is 10.2. The van der Waals surface area contributed by atoms with Gasteiger partial charge >= 0.3 is 0 Å². The van der Waals surface area contributed by atoms with Crippen molar-refractivity contribution in [1.82, 2.24) is 14.2 Å². The van der Waals surface area contributed by atoms with E-state index in [-0.39, 0.29) is 0 Å². The largest absolute Gasteiger partial charge is 0.494 e. The molecule has 1 saturated heterocycles. The molecular formula is C22H25N3O3S2. The fourth-order valence-electron chi connectivity index (χ4n) is 3.47.